The lowest BCUT2D eigenvalue weighted by Gasteiger charge is -2.06. The molecule has 0 atom stereocenters. The van der Waals surface area contributed by atoms with E-state index in [1.807, 2.05) is 0 Å². The molecule has 0 unspecified atom stereocenters. The summed E-state index contributed by atoms with van der Waals surface area (Å²) >= 11 is 1.51. The molecule has 2 aromatic rings. The number of thiophene rings is 1. The standard InChI is InChI=1S/C17H16FNO2S/c1-10(20)16-13-3-2-4-14(13)22-17(16)19-15(21)9-11-5-7-12(18)8-6-11/h5-8H,2-4,9H2,1H3,(H,19,21). The number of halogens is 1. The third kappa shape index (κ3) is 2.95. The van der Waals surface area contributed by atoms with Gasteiger partial charge in [0.05, 0.1) is 12.0 Å². The van der Waals surface area contributed by atoms with Gasteiger partial charge in [0, 0.05) is 4.88 Å². The molecule has 3 rings (SSSR count). The molecule has 1 aliphatic rings. The molecule has 0 spiro atoms. The van der Waals surface area contributed by atoms with Gasteiger partial charge in [-0.05, 0) is 49.4 Å². The molecule has 22 heavy (non-hydrogen) atoms. The van der Waals surface area contributed by atoms with Crippen molar-refractivity contribution < 1.29 is 14.0 Å². The van der Waals surface area contributed by atoms with Gasteiger partial charge in [-0.15, -0.1) is 11.3 Å². The van der Waals surface area contributed by atoms with Crippen LogP contribution < -0.4 is 5.32 Å². The number of nitrogens with one attached hydrogen (secondary N) is 1. The molecule has 0 radical (unpaired) electrons. The maximum atomic E-state index is 12.9. The third-order valence-electron chi connectivity index (χ3n) is 3.80. The number of hydrogen-bond donors (Lipinski definition) is 1. The first-order valence-electron chi connectivity index (χ1n) is 7.24. The fourth-order valence-corrected chi connectivity index (χ4v) is 4.18. The molecule has 0 bridgehead atoms. The van der Waals surface area contributed by atoms with Gasteiger partial charge in [0.1, 0.15) is 10.8 Å². The molecular formula is C17H16FNO2S. The van der Waals surface area contributed by atoms with Crippen molar-refractivity contribution in [3.63, 3.8) is 0 Å². The van der Waals surface area contributed by atoms with E-state index >= 15 is 0 Å². The average Bonchev–Trinajstić information content (AvgIpc) is 3.01. The number of amides is 1. The molecule has 0 saturated heterocycles. The molecule has 1 aromatic heterocycles. The largest absolute Gasteiger partial charge is 0.317 e. The first kappa shape index (κ1) is 14.9. The summed E-state index contributed by atoms with van der Waals surface area (Å²) in [5, 5.41) is 3.51. The van der Waals surface area contributed by atoms with Gasteiger partial charge in [-0.25, -0.2) is 4.39 Å². The van der Waals surface area contributed by atoms with Crippen molar-refractivity contribution in [2.45, 2.75) is 32.6 Å². The van der Waals surface area contributed by atoms with Crippen molar-refractivity contribution in [1.29, 1.82) is 0 Å². The lowest BCUT2D eigenvalue weighted by Crippen LogP contribution is -2.15. The number of fused-ring (bicyclic) bond motifs is 1. The van der Waals surface area contributed by atoms with E-state index in [0.717, 1.165) is 30.4 Å². The first-order valence-corrected chi connectivity index (χ1v) is 8.06. The Kier molecular flexibility index (Phi) is 4.07. The van der Waals surface area contributed by atoms with Gasteiger partial charge in [0.25, 0.3) is 0 Å². The van der Waals surface area contributed by atoms with E-state index in [1.165, 1.54) is 35.3 Å². The van der Waals surface area contributed by atoms with Gasteiger partial charge in [0.15, 0.2) is 5.78 Å². The summed E-state index contributed by atoms with van der Waals surface area (Å²) in [6.45, 7) is 1.54. The van der Waals surface area contributed by atoms with E-state index in [9.17, 15) is 14.0 Å². The van der Waals surface area contributed by atoms with E-state index in [0.29, 0.717) is 10.6 Å². The predicted molar refractivity (Wildman–Crippen MR) is 85.1 cm³/mol. The lowest BCUT2D eigenvalue weighted by atomic mass is 10.1. The first-order chi connectivity index (χ1) is 10.5. The second-order valence-electron chi connectivity index (χ2n) is 5.47. The zero-order valence-corrected chi connectivity index (χ0v) is 13.1. The Morgan fingerprint density at radius 1 is 1.23 bits per heavy atom. The van der Waals surface area contributed by atoms with Crippen molar-refractivity contribution in [3.05, 3.63) is 51.7 Å². The Balaban J connectivity index is 1.77. The molecule has 1 aromatic carbocycles. The predicted octanol–water partition coefficient (Wildman–Crippen LogP) is 3.76. The molecule has 1 heterocycles. The van der Waals surface area contributed by atoms with Gasteiger partial charge < -0.3 is 5.32 Å². The van der Waals surface area contributed by atoms with Crippen LogP contribution in [0.3, 0.4) is 0 Å². The normalized spacial score (nSPS) is 13.0. The molecule has 1 N–H and O–H groups in total. The van der Waals surface area contributed by atoms with Gasteiger partial charge in [-0.2, -0.15) is 0 Å². The van der Waals surface area contributed by atoms with Crippen molar-refractivity contribution in [2.24, 2.45) is 0 Å². The molecule has 0 fully saturated rings. The number of benzene rings is 1. The topological polar surface area (TPSA) is 46.2 Å². The number of hydrogen-bond acceptors (Lipinski definition) is 3. The SMILES string of the molecule is CC(=O)c1c(NC(=O)Cc2ccc(F)cc2)sc2c1CCC2. The molecule has 3 nitrogen and oxygen atoms in total. The summed E-state index contributed by atoms with van der Waals surface area (Å²) < 4.78 is 12.9. The maximum Gasteiger partial charge on any atom is 0.229 e. The van der Waals surface area contributed by atoms with E-state index in [4.69, 9.17) is 0 Å². The Bertz CT molecular complexity index is 734. The van der Waals surface area contributed by atoms with Crippen LogP contribution in [0.25, 0.3) is 0 Å². The molecule has 1 aliphatic carbocycles. The summed E-state index contributed by atoms with van der Waals surface area (Å²) in [7, 11) is 0. The van der Waals surface area contributed by atoms with Crippen LogP contribution in [0.5, 0.6) is 0 Å². The van der Waals surface area contributed by atoms with Crippen LogP contribution in [0.2, 0.25) is 0 Å². The highest BCUT2D eigenvalue weighted by molar-refractivity contribution is 7.17. The van der Waals surface area contributed by atoms with E-state index < -0.39 is 0 Å². The quantitative estimate of drug-likeness (QED) is 0.873. The number of ketones is 1. The van der Waals surface area contributed by atoms with Crippen LogP contribution in [0.15, 0.2) is 24.3 Å². The van der Waals surface area contributed by atoms with E-state index in [-0.39, 0.29) is 23.9 Å². The molecule has 1 amide bonds. The van der Waals surface area contributed by atoms with Crippen molar-refractivity contribution >= 4 is 28.0 Å². The van der Waals surface area contributed by atoms with Crippen LogP contribution in [0.4, 0.5) is 9.39 Å². The summed E-state index contributed by atoms with van der Waals surface area (Å²) in [5.41, 5.74) is 2.52. The van der Waals surface area contributed by atoms with Crippen LogP contribution in [0, 0.1) is 5.82 Å². The van der Waals surface area contributed by atoms with Crippen LogP contribution in [-0.2, 0) is 24.1 Å². The Labute approximate surface area is 132 Å². The zero-order chi connectivity index (χ0) is 15.7. The summed E-state index contributed by atoms with van der Waals surface area (Å²) in [5.74, 6) is -0.511. The summed E-state index contributed by atoms with van der Waals surface area (Å²) in [6, 6.07) is 5.86. The number of anilines is 1. The minimum Gasteiger partial charge on any atom is -0.317 e. The average molecular weight is 317 g/mol. The molecular weight excluding hydrogens is 301 g/mol. The number of aryl methyl sites for hydroxylation is 1. The zero-order valence-electron chi connectivity index (χ0n) is 12.2. The Hall–Kier alpha value is -2.01. The summed E-state index contributed by atoms with van der Waals surface area (Å²) in [6.07, 6.45) is 3.13. The highest BCUT2D eigenvalue weighted by Gasteiger charge is 2.25. The monoisotopic (exact) mass is 317 g/mol. The molecule has 0 aliphatic heterocycles. The number of carbonyl (C=O) groups excluding carboxylic acids is 2. The fourth-order valence-electron chi connectivity index (χ4n) is 2.82. The third-order valence-corrected chi connectivity index (χ3v) is 5.01. The smallest absolute Gasteiger partial charge is 0.229 e. The summed E-state index contributed by atoms with van der Waals surface area (Å²) in [4.78, 5) is 25.2. The Morgan fingerprint density at radius 2 is 1.95 bits per heavy atom. The van der Waals surface area contributed by atoms with Crippen LogP contribution >= 0.6 is 11.3 Å². The number of rotatable bonds is 4. The van der Waals surface area contributed by atoms with E-state index in [1.54, 1.807) is 12.1 Å². The van der Waals surface area contributed by atoms with Crippen LogP contribution in [-0.4, -0.2) is 11.7 Å². The highest BCUT2D eigenvalue weighted by atomic mass is 32.1. The van der Waals surface area contributed by atoms with Gasteiger partial charge in [-0.3, -0.25) is 9.59 Å². The van der Waals surface area contributed by atoms with Gasteiger partial charge >= 0.3 is 0 Å². The fraction of sp³-hybridized carbons (Fsp3) is 0.294. The number of carbonyl (C=O) groups is 2. The second-order valence-corrected chi connectivity index (χ2v) is 6.57. The maximum absolute atomic E-state index is 12.9. The molecule has 5 heteroatoms. The van der Waals surface area contributed by atoms with Crippen molar-refractivity contribution in [1.82, 2.24) is 0 Å². The van der Waals surface area contributed by atoms with Crippen molar-refractivity contribution in [3.8, 4) is 0 Å². The highest BCUT2D eigenvalue weighted by Crippen LogP contribution is 2.39. The second kappa shape index (κ2) is 6.01. The Morgan fingerprint density at radius 3 is 2.64 bits per heavy atom. The molecule has 0 saturated carbocycles. The lowest BCUT2D eigenvalue weighted by molar-refractivity contribution is -0.115. The van der Waals surface area contributed by atoms with Gasteiger partial charge in [0.2, 0.25) is 5.91 Å². The van der Waals surface area contributed by atoms with E-state index in [2.05, 4.69) is 5.32 Å². The minimum absolute atomic E-state index is 0.00326. The molecule has 114 valence electrons. The van der Waals surface area contributed by atoms with Gasteiger partial charge in [-0.1, -0.05) is 12.1 Å². The minimum atomic E-state index is -0.322. The van der Waals surface area contributed by atoms with Crippen LogP contribution in [0.1, 0.15) is 39.7 Å². The number of Topliss-reactive ketones (excluding diaryl/α,β-unsaturated/α-hetero) is 1. The van der Waals surface area contributed by atoms with Crippen molar-refractivity contribution in [2.75, 3.05) is 5.32 Å².